The summed E-state index contributed by atoms with van der Waals surface area (Å²) in [4.78, 5) is 8.92. The summed E-state index contributed by atoms with van der Waals surface area (Å²) in [5.74, 6) is 0.857. The Kier molecular flexibility index (Phi) is 4.28. The highest BCUT2D eigenvalue weighted by Gasteiger charge is 2.23. The van der Waals surface area contributed by atoms with E-state index in [0.717, 1.165) is 16.8 Å². The third kappa shape index (κ3) is 3.12. The second kappa shape index (κ2) is 5.55. The van der Waals surface area contributed by atoms with Crippen LogP contribution in [0.25, 0.3) is 0 Å². The monoisotopic (exact) mass is 317 g/mol. The predicted molar refractivity (Wildman–Crippen MR) is 75.9 cm³/mol. The molecular weight excluding hydrogens is 302 g/mol. The molecule has 1 aromatic rings. The normalized spacial score (nSPS) is 20.8. The summed E-state index contributed by atoms with van der Waals surface area (Å²) >= 11 is 9.57. The fourth-order valence-electron chi connectivity index (χ4n) is 2.30. The van der Waals surface area contributed by atoms with Gasteiger partial charge in [-0.2, -0.15) is 0 Å². The van der Waals surface area contributed by atoms with Crippen LogP contribution in [-0.2, 0) is 0 Å². The van der Waals surface area contributed by atoms with Crippen LogP contribution in [0.15, 0.2) is 16.7 Å². The van der Waals surface area contributed by atoms with Gasteiger partial charge in [0.15, 0.2) is 0 Å². The largest absolute Gasteiger partial charge is 0.357 e. The summed E-state index contributed by atoms with van der Waals surface area (Å²) in [5, 5.41) is 0.697. The molecule has 0 saturated carbocycles. The smallest absolute Gasteiger partial charge is 0.147 e. The lowest BCUT2D eigenvalue weighted by Gasteiger charge is -2.27. The molecule has 1 aliphatic rings. The molecule has 3 nitrogen and oxygen atoms in total. The first-order chi connectivity index (χ1) is 8.08. The minimum atomic E-state index is 0.613. The standard InChI is InChI=1S/C12H17BrClN3/c1-16-5-3-4-10(16)8-17(2)12-11(14)6-9(13)7-15-12/h6-7,10H,3-5,8H2,1-2H3. The Labute approximate surface area is 116 Å². The van der Waals surface area contributed by atoms with Crippen molar-refractivity contribution in [3.63, 3.8) is 0 Å². The molecule has 0 aliphatic carbocycles. The Balaban J connectivity index is 2.06. The number of pyridine rings is 1. The Morgan fingerprint density at radius 1 is 1.65 bits per heavy atom. The molecule has 0 spiro atoms. The highest BCUT2D eigenvalue weighted by Crippen LogP contribution is 2.26. The van der Waals surface area contributed by atoms with Crippen molar-refractivity contribution in [3.05, 3.63) is 21.8 Å². The molecule has 0 bridgehead atoms. The van der Waals surface area contributed by atoms with E-state index < -0.39 is 0 Å². The van der Waals surface area contributed by atoms with Crippen LogP contribution in [0.2, 0.25) is 5.02 Å². The molecule has 2 rings (SSSR count). The topological polar surface area (TPSA) is 19.4 Å². The van der Waals surface area contributed by atoms with Crippen LogP contribution in [-0.4, -0.2) is 43.1 Å². The fraction of sp³-hybridized carbons (Fsp3) is 0.583. The molecule has 5 heteroatoms. The predicted octanol–water partition coefficient (Wildman–Crippen LogP) is 3.03. The molecule has 0 radical (unpaired) electrons. The molecule has 1 atom stereocenters. The van der Waals surface area contributed by atoms with Crippen LogP contribution in [0, 0.1) is 0 Å². The number of aromatic nitrogens is 1. The van der Waals surface area contributed by atoms with Crippen molar-refractivity contribution < 1.29 is 0 Å². The van der Waals surface area contributed by atoms with Gasteiger partial charge in [-0.05, 0) is 48.4 Å². The van der Waals surface area contributed by atoms with Crippen molar-refractivity contribution in [2.24, 2.45) is 0 Å². The maximum absolute atomic E-state index is 6.20. The third-order valence-corrected chi connectivity index (χ3v) is 4.02. The van der Waals surface area contributed by atoms with Gasteiger partial charge in [0.2, 0.25) is 0 Å². The number of nitrogens with zero attached hydrogens (tertiary/aromatic N) is 3. The zero-order valence-corrected chi connectivity index (χ0v) is 12.5. The molecule has 1 aliphatic heterocycles. The molecule has 0 N–H and O–H groups in total. The van der Waals surface area contributed by atoms with E-state index in [-0.39, 0.29) is 0 Å². The molecule has 1 unspecified atom stereocenters. The van der Waals surface area contributed by atoms with Crippen LogP contribution < -0.4 is 4.90 Å². The number of halogens is 2. The minimum absolute atomic E-state index is 0.613. The lowest BCUT2D eigenvalue weighted by molar-refractivity contribution is 0.314. The van der Waals surface area contributed by atoms with Crippen LogP contribution in [0.3, 0.4) is 0 Å². The number of rotatable bonds is 3. The molecule has 1 fully saturated rings. The van der Waals surface area contributed by atoms with Crippen LogP contribution in [0.4, 0.5) is 5.82 Å². The first-order valence-corrected chi connectivity index (χ1v) is 6.97. The van der Waals surface area contributed by atoms with Gasteiger partial charge in [0.25, 0.3) is 0 Å². The van der Waals surface area contributed by atoms with Crippen molar-refractivity contribution in [1.29, 1.82) is 0 Å². The molecule has 0 amide bonds. The maximum Gasteiger partial charge on any atom is 0.147 e. The summed E-state index contributed by atoms with van der Waals surface area (Å²) in [7, 11) is 4.23. The number of likely N-dealkylation sites (tertiary alicyclic amines) is 1. The lowest BCUT2D eigenvalue weighted by Crippen LogP contribution is -2.37. The van der Waals surface area contributed by atoms with Gasteiger partial charge < -0.3 is 9.80 Å². The van der Waals surface area contributed by atoms with Crippen LogP contribution in [0.5, 0.6) is 0 Å². The zero-order valence-electron chi connectivity index (χ0n) is 10.2. The van der Waals surface area contributed by atoms with Gasteiger partial charge in [-0.1, -0.05) is 11.6 Å². The van der Waals surface area contributed by atoms with Gasteiger partial charge in [-0.3, -0.25) is 0 Å². The summed E-state index contributed by atoms with van der Waals surface area (Å²) in [6.07, 6.45) is 4.33. The number of anilines is 1. The molecule has 2 heterocycles. The van der Waals surface area contributed by atoms with Crippen molar-refractivity contribution in [2.45, 2.75) is 18.9 Å². The summed E-state index contributed by atoms with van der Waals surface area (Å²) in [6, 6.07) is 2.50. The van der Waals surface area contributed by atoms with Gasteiger partial charge >= 0.3 is 0 Å². The Morgan fingerprint density at radius 3 is 3.00 bits per heavy atom. The third-order valence-electron chi connectivity index (χ3n) is 3.31. The Morgan fingerprint density at radius 2 is 2.41 bits per heavy atom. The number of hydrogen-bond acceptors (Lipinski definition) is 3. The quantitative estimate of drug-likeness (QED) is 0.854. The van der Waals surface area contributed by atoms with Gasteiger partial charge in [0, 0.05) is 30.3 Å². The first kappa shape index (κ1) is 13.1. The highest BCUT2D eigenvalue weighted by atomic mass is 79.9. The van der Waals surface area contributed by atoms with E-state index >= 15 is 0 Å². The summed E-state index contributed by atoms with van der Waals surface area (Å²) < 4.78 is 0.914. The summed E-state index contributed by atoms with van der Waals surface area (Å²) in [5.41, 5.74) is 0. The summed E-state index contributed by atoms with van der Waals surface area (Å²) in [6.45, 7) is 2.17. The lowest BCUT2D eigenvalue weighted by atomic mass is 10.2. The Hall–Kier alpha value is -0.320. The highest BCUT2D eigenvalue weighted by molar-refractivity contribution is 9.10. The zero-order chi connectivity index (χ0) is 12.4. The minimum Gasteiger partial charge on any atom is -0.357 e. The van der Waals surface area contributed by atoms with Gasteiger partial charge in [0.05, 0.1) is 5.02 Å². The maximum atomic E-state index is 6.20. The first-order valence-electron chi connectivity index (χ1n) is 5.80. The van der Waals surface area contributed by atoms with E-state index in [4.69, 9.17) is 11.6 Å². The van der Waals surface area contributed by atoms with Gasteiger partial charge in [-0.15, -0.1) is 0 Å². The van der Waals surface area contributed by atoms with Crippen molar-refractivity contribution in [3.8, 4) is 0 Å². The second-order valence-corrected chi connectivity index (χ2v) is 5.94. The number of hydrogen-bond donors (Lipinski definition) is 0. The fourth-order valence-corrected chi connectivity index (χ4v) is 3.07. The molecular formula is C12H17BrClN3. The molecule has 0 aromatic carbocycles. The van der Waals surface area contributed by atoms with E-state index in [2.05, 4.69) is 37.8 Å². The average Bonchev–Trinajstić information content (AvgIpc) is 2.64. The average molecular weight is 319 g/mol. The molecule has 17 heavy (non-hydrogen) atoms. The van der Waals surface area contributed by atoms with E-state index in [1.165, 1.54) is 19.4 Å². The van der Waals surface area contributed by atoms with E-state index in [1.54, 1.807) is 6.20 Å². The van der Waals surface area contributed by atoms with E-state index in [9.17, 15) is 0 Å². The SMILES string of the molecule is CN(CC1CCCN1C)c1ncc(Br)cc1Cl. The van der Waals surface area contributed by atoms with Crippen LogP contribution >= 0.6 is 27.5 Å². The van der Waals surface area contributed by atoms with Gasteiger partial charge in [-0.25, -0.2) is 4.98 Å². The number of likely N-dealkylation sites (N-methyl/N-ethyl adjacent to an activating group) is 2. The molecule has 94 valence electrons. The van der Waals surface area contributed by atoms with Crippen molar-refractivity contribution in [1.82, 2.24) is 9.88 Å². The Bertz CT molecular complexity index is 399. The van der Waals surface area contributed by atoms with E-state index in [1.807, 2.05) is 13.1 Å². The van der Waals surface area contributed by atoms with Crippen LogP contribution in [0.1, 0.15) is 12.8 Å². The molecule has 1 aromatic heterocycles. The molecule has 1 saturated heterocycles. The van der Waals surface area contributed by atoms with E-state index in [0.29, 0.717) is 11.1 Å². The van der Waals surface area contributed by atoms with Crippen molar-refractivity contribution >= 4 is 33.3 Å². The second-order valence-electron chi connectivity index (χ2n) is 4.62. The van der Waals surface area contributed by atoms with Crippen molar-refractivity contribution in [2.75, 3.05) is 32.1 Å². The van der Waals surface area contributed by atoms with Gasteiger partial charge in [0.1, 0.15) is 5.82 Å².